The van der Waals surface area contributed by atoms with Gasteiger partial charge in [-0.25, -0.2) is 13.2 Å². The summed E-state index contributed by atoms with van der Waals surface area (Å²) in [5.74, 6) is 0.494. The first-order valence-corrected chi connectivity index (χ1v) is 14.5. The third-order valence-corrected chi connectivity index (χ3v) is 8.72. The number of amides is 1. The number of hydrogen-bond donors (Lipinski definition) is 2. The van der Waals surface area contributed by atoms with E-state index < -0.39 is 34.4 Å². The minimum Gasteiger partial charge on any atom is -0.497 e. The number of ether oxygens (including phenoxy) is 4. The number of methoxy groups -OCH3 is 1. The third-order valence-electron chi connectivity index (χ3n) is 6.87. The molecule has 0 unspecified atom stereocenters. The zero-order valence-corrected chi connectivity index (χ0v) is 23.2. The van der Waals surface area contributed by atoms with Gasteiger partial charge in [0.2, 0.25) is 10.0 Å². The number of nitrogens with zero attached hydrogens (tertiary/aromatic N) is 2. The van der Waals surface area contributed by atoms with Crippen molar-refractivity contribution < 1.29 is 37.3 Å². The molecular weight excluding hydrogens is 526 g/mol. The van der Waals surface area contributed by atoms with Crippen LogP contribution in [0.1, 0.15) is 25.8 Å². The molecule has 1 amide bonds. The molecule has 1 aromatic heterocycles. The Hall–Kier alpha value is -2.77. The molecule has 214 valence electrons. The van der Waals surface area contributed by atoms with Crippen molar-refractivity contribution in [3.8, 4) is 5.75 Å². The molecule has 0 spiro atoms. The molecule has 39 heavy (non-hydrogen) atoms. The number of aliphatic hydroxyl groups is 1. The van der Waals surface area contributed by atoms with E-state index in [1.165, 1.54) is 23.5 Å². The van der Waals surface area contributed by atoms with Crippen LogP contribution < -0.4 is 10.1 Å². The van der Waals surface area contributed by atoms with Crippen molar-refractivity contribution in [2.24, 2.45) is 11.8 Å². The van der Waals surface area contributed by atoms with Gasteiger partial charge in [-0.15, -0.1) is 0 Å². The predicted molar refractivity (Wildman–Crippen MR) is 142 cm³/mol. The third kappa shape index (κ3) is 7.46. The van der Waals surface area contributed by atoms with E-state index in [-0.39, 0.29) is 49.1 Å². The Balaban J connectivity index is 1.51. The summed E-state index contributed by atoms with van der Waals surface area (Å²) in [5.41, 5.74) is 0.816. The molecule has 2 aliphatic heterocycles. The topological polar surface area (TPSA) is 137 Å². The van der Waals surface area contributed by atoms with Crippen LogP contribution in [0.25, 0.3) is 0 Å². The number of carbonyl (C=O) groups excluding carboxylic acids is 1. The molecule has 2 saturated heterocycles. The van der Waals surface area contributed by atoms with Gasteiger partial charge < -0.3 is 29.4 Å². The zero-order chi connectivity index (χ0) is 28.0. The summed E-state index contributed by atoms with van der Waals surface area (Å²) in [4.78, 5) is 17.0. The molecule has 11 nitrogen and oxygen atoms in total. The molecule has 2 N–H and O–H groups in total. The monoisotopic (exact) mass is 563 g/mol. The molecule has 2 aromatic rings. The normalized spacial score (nSPS) is 22.5. The van der Waals surface area contributed by atoms with Gasteiger partial charge in [0.25, 0.3) is 0 Å². The highest BCUT2D eigenvalue weighted by atomic mass is 32.2. The first-order chi connectivity index (χ1) is 18.7. The van der Waals surface area contributed by atoms with E-state index in [0.717, 1.165) is 12.0 Å². The van der Waals surface area contributed by atoms with Gasteiger partial charge in [-0.1, -0.05) is 13.8 Å². The van der Waals surface area contributed by atoms with E-state index in [1.807, 2.05) is 13.8 Å². The lowest BCUT2D eigenvalue weighted by molar-refractivity contribution is -0.0907. The second-order valence-electron chi connectivity index (χ2n) is 10.2. The van der Waals surface area contributed by atoms with Gasteiger partial charge in [0.1, 0.15) is 11.9 Å². The van der Waals surface area contributed by atoms with Crippen LogP contribution in [0.2, 0.25) is 0 Å². The van der Waals surface area contributed by atoms with Crippen molar-refractivity contribution in [2.45, 2.75) is 56.1 Å². The SMILES string of the molecule is COc1ccc(S(=O)(=O)N(CC(C)C)C[C@@H](O)[C@H](Cc2ccncc2)NC(=O)O[C@H]2CO[C@H]3OCC[C@H]32)cc1. The first-order valence-electron chi connectivity index (χ1n) is 13.1. The summed E-state index contributed by atoms with van der Waals surface area (Å²) in [6.07, 6.45) is 1.45. The lowest BCUT2D eigenvalue weighted by Gasteiger charge is -2.31. The maximum absolute atomic E-state index is 13.6. The molecule has 0 bridgehead atoms. The second-order valence-corrected chi connectivity index (χ2v) is 12.2. The van der Waals surface area contributed by atoms with Crippen LogP contribution in [-0.2, 0) is 30.7 Å². The van der Waals surface area contributed by atoms with E-state index in [0.29, 0.717) is 12.4 Å². The minimum absolute atomic E-state index is 0.00858. The quantitative estimate of drug-likeness (QED) is 0.398. The number of alkyl carbamates (subject to hydrolysis) is 1. The van der Waals surface area contributed by atoms with E-state index >= 15 is 0 Å². The zero-order valence-electron chi connectivity index (χ0n) is 22.4. The van der Waals surface area contributed by atoms with Gasteiger partial charge in [0.05, 0.1) is 43.3 Å². The number of aliphatic hydroxyl groups excluding tert-OH is 1. The average Bonchev–Trinajstić information content (AvgIpc) is 3.53. The Morgan fingerprint density at radius 1 is 1.15 bits per heavy atom. The summed E-state index contributed by atoms with van der Waals surface area (Å²) in [5, 5.41) is 14.1. The first kappa shape index (κ1) is 29.2. The molecule has 0 aliphatic carbocycles. The van der Waals surface area contributed by atoms with Gasteiger partial charge in [0.15, 0.2) is 6.29 Å². The Morgan fingerprint density at radius 3 is 2.54 bits per heavy atom. The average molecular weight is 564 g/mol. The summed E-state index contributed by atoms with van der Waals surface area (Å²) in [6.45, 7) is 4.54. The van der Waals surface area contributed by atoms with E-state index in [9.17, 15) is 18.3 Å². The van der Waals surface area contributed by atoms with Crippen LogP contribution in [0.5, 0.6) is 5.75 Å². The van der Waals surface area contributed by atoms with Gasteiger partial charge in [-0.2, -0.15) is 4.31 Å². The van der Waals surface area contributed by atoms with E-state index in [4.69, 9.17) is 18.9 Å². The molecule has 4 rings (SSSR count). The molecule has 0 saturated carbocycles. The summed E-state index contributed by atoms with van der Waals surface area (Å²) in [7, 11) is -2.44. The highest BCUT2D eigenvalue weighted by molar-refractivity contribution is 7.89. The number of benzene rings is 1. The number of hydrogen-bond acceptors (Lipinski definition) is 9. The highest BCUT2D eigenvalue weighted by Gasteiger charge is 2.44. The number of fused-ring (bicyclic) bond motifs is 1. The summed E-state index contributed by atoms with van der Waals surface area (Å²) in [6, 6.07) is 8.82. The van der Waals surface area contributed by atoms with Crippen LogP contribution >= 0.6 is 0 Å². The molecule has 5 atom stereocenters. The largest absolute Gasteiger partial charge is 0.497 e. The van der Waals surface area contributed by atoms with Crippen molar-refractivity contribution in [1.82, 2.24) is 14.6 Å². The fraction of sp³-hybridized carbons (Fsp3) is 0.556. The predicted octanol–water partition coefficient (Wildman–Crippen LogP) is 2.20. The van der Waals surface area contributed by atoms with Crippen molar-refractivity contribution in [1.29, 1.82) is 0 Å². The number of aromatic nitrogens is 1. The number of sulfonamides is 1. The molecule has 0 radical (unpaired) electrons. The second kappa shape index (κ2) is 13.1. The smallest absolute Gasteiger partial charge is 0.407 e. The number of rotatable bonds is 12. The Labute approximate surface area is 229 Å². The maximum atomic E-state index is 13.6. The van der Waals surface area contributed by atoms with Gasteiger partial charge in [0, 0.05) is 25.5 Å². The summed E-state index contributed by atoms with van der Waals surface area (Å²) < 4.78 is 50.2. The van der Waals surface area contributed by atoms with Crippen molar-refractivity contribution in [3.63, 3.8) is 0 Å². The lowest BCUT2D eigenvalue weighted by Crippen LogP contribution is -2.51. The van der Waals surface area contributed by atoms with E-state index in [2.05, 4.69) is 10.3 Å². The van der Waals surface area contributed by atoms with Gasteiger partial charge in [-0.05, 0) is 60.7 Å². The van der Waals surface area contributed by atoms with Crippen molar-refractivity contribution in [2.75, 3.05) is 33.4 Å². The minimum atomic E-state index is -3.95. The Morgan fingerprint density at radius 2 is 1.87 bits per heavy atom. The Bertz CT molecular complexity index is 1180. The number of carbonyl (C=O) groups is 1. The van der Waals surface area contributed by atoms with Gasteiger partial charge >= 0.3 is 6.09 Å². The fourth-order valence-electron chi connectivity index (χ4n) is 4.84. The molecule has 3 heterocycles. The van der Waals surface area contributed by atoms with Gasteiger partial charge in [-0.3, -0.25) is 4.98 Å². The number of nitrogens with one attached hydrogen (secondary N) is 1. The van der Waals surface area contributed by atoms with Crippen LogP contribution in [0.4, 0.5) is 4.79 Å². The van der Waals surface area contributed by atoms with Crippen molar-refractivity contribution >= 4 is 16.1 Å². The molecule has 2 fully saturated rings. The maximum Gasteiger partial charge on any atom is 0.407 e. The standard InChI is InChI=1S/C27H37N3O8S/c1-18(2)15-30(39(33,34)21-6-4-20(35-3)5-7-21)16-24(31)23(14-19-8-11-28-12-9-19)29-27(32)38-25-17-37-26-22(25)10-13-36-26/h4-9,11-12,18,22-26,31H,10,13-17H2,1-3H3,(H,29,32)/t22-,23-,24+,25-,26+/m0/s1. The number of pyridine rings is 1. The Kier molecular flexibility index (Phi) is 9.78. The molecule has 1 aromatic carbocycles. The van der Waals surface area contributed by atoms with Crippen LogP contribution in [0.3, 0.4) is 0 Å². The highest BCUT2D eigenvalue weighted by Crippen LogP contribution is 2.33. The fourth-order valence-corrected chi connectivity index (χ4v) is 6.46. The molecule has 2 aliphatic rings. The van der Waals surface area contributed by atoms with E-state index in [1.54, 1.807) is 36.7 Å². The summed E-state index contributed by atoms with van der Waals surface area (Å²) >= 11 is 0. The van der Waals surface area contributed by atoms with Crippen molar-refractivity contribution in [3.05, 3.63) is 54.4 Å². The lowest BCUT2D eigenvalue weighted by atomic mass is 10.0. The van der Waals surface area contributed by atoms with Crippen LogP contribution in [0.15, 0.2) is 53.7 Å². The molecule has 12 heteroatoms. The van der Waals surface area contributed by atoms with Crippen LogP contribution in [-0.4, -0.2) is 86.9 Å². The molecular formula is C27H37N3O8S. The van der Waals surface area contributed by atoms with Crippen LogP contribution in [0, 0.1) is 11.8 Å².